The summed E-state index contributed by atoms with van der Waals surface area (Å²) in [7, 11) is 0. The minimum absolute atomic E-state index is 0.331. The standard InChI is InChI=1S/C13H17ClO2S/c1-17-8-4-6-11(13(15)16)9-10-5-2-3-7-12(10)14/h2-3,5,7,11H,4,6,8-9H2,1H3,(H,15,16). The average Bonchev–Trinajstić information content (AvgIpc) is 2.30. The summed E-state index contributed by atoms with van der Waals surface area (Å²) in [5.74, 6) is -0.0557. The normalized spacial score (nSPS) is 12.4. The molecule has 0 aliphatic heterocycles. The van der Waals surface area contributed by atoms with Crippen molar-refractivity contribution in [3.8, 4) is 0 Å². The van der Waals surface area contributed by atoms with Gasteiger partial charge >= 0.3 is 5.97 Å². The van der Waals surface area contributed by atoms with Crippen LogP contribution in [0.4, 0.5) is 0 Å². The first-order chi connectivity index (χ1) is 8.15. The number of carboxylic acids is 1. The van der Waals surface area contributed by atoms with E-state index in [2.05, 4.69) is 0 Å². The van der Waals surface area contributed by atoms with E-state index in [0.29, 0.717) is 17.9 Å². The number of aliphatic carboxylic acids is 1. The Morgan fingerprint density at radius 3 is 2.76 bits per heavy atom. The second-order valence-corrected chi connectivity index (χ2v) is 5.36. The molecule has 1 aromatic rings. The zero-order valence-electron chi connectivity index (χ0n) is 9.86. The highest BCUT2D eigenvalue weighted by molar-refractivity contribution is 7.98. The first kappa shape index (κ1) is 14.4. The van der Waals surface area contributed by atoms with E-state index in [1.807, 2.05) is 24.5 Å². The van der Waals surface area contributed by atoms with Gasteiger partial charge in [0.2, 0.25) is 0 Å². The van der Waals surface area contributed by atoms with Crippen LogP contribution in [0.3, 0.4) is 0 Å². The van der Waals surface area contributed by atoms with E-state index < -0.39 is 5.97 Å². The van der Waals surface area contributed by atoms with Crippen LogP contribution in [0, 0.1) is 5.92 Å². The molecule has 4 heteroatoms. The van der Waals surface area contributed by atoms with Crippen molar-refractivity contribution in [1.82, 2.24) is 0 Å². The fraction of sp³-hybridized carbons (Fsp3) is 0.462. The summed E-state index contributed by atoms with van der Waals surface area (Å²) in [6.45, 7) is 0. The summed E-state index contributed by atoms with van der Waals surface area (Å²) in [5.41, 5.74) is 0.922. The second kappa shape index (κ2) is 7.62. The molecular weight excluding hydrogens is 256 g/mol. The minimum Gasteiger partial charge on any atom is -0.481 e. The maximum atomic E-state index is 11.2. The Kier molecular flexibility index (Phi) is 6.45. The van der Waals surface area contributed by atoms with Crippen molar-refractivity contribution in [2.45, 2.75) is 19.3 Å². The van der Waals surface area contributed by atoms with Gasteiger partial charge in [-0.2, -0.15) is 11.8 Å². The number of halogens is 1. The molecule has 0 saturated heterocycles. The lowest BCUT2D eigenvalue weighted by molar-refractivity contribution is -0.141. The maximum Gasteiger partial charge on any atom is 0.306 e. The van der Waals surface area contributed by atoms with Crippen LogP contribution < -0.4 is 0 Å². The Labute approximate surface area is 111 Å². The summed E-state index contributed by atoms with van der Waals surface area (Å²) < 4.78 is 0. The Hall–Kier alpha value is -0.670. The lowest BCUT2D eigenvalue weighted by Crippen LogP contribution is -2.17. The molecule has 17 heavy (non-hydrogen) atoms. The molecule has 94 valence electrons. The zero-order chi connectivity index (χ0) is 12.7. The van der Waals surface area contributed by atoms with E-state index in [1.54, 1.807) is 17.8 Å². The van der Waals surface area contributed by atoms with Gasteiger partial charge in [-0.05, 0) is 42.9 Å². The maximum absolute atomic E-state index is 11.2. The number of benzene rings is 1. The summed E-state index contributed by atoms with van der Waals surface area (Å²) in [5, 5.41) is 9.83. The Bertz CT molecular complexity index is 368. The van der Waals surface area contributed by atoms with Crippen molar-refractivity contribution in [2.75, 3.05) is 12.0 Å². The molecule has 1 atom stereocenters. The zero-order valence-corrected chi connectivity index (χ0v) is 11.4. The van der Waals surface area contributed by atoms with Crippen LogP contribution in [0.2, 0.25) is 5.02 Å². The van der Waals surface area contributed by atoms with Gasteiger partial charge in [-0.1, -0.05) is 29.8 Å². The van der Waals surface area contributed by atoms with Crippen LogP contribution in [0.1, 0.15) is 18.4 Å². The van der Waals surface area contributed by atoms with Gasteiger partial charge in [0.25, 0.3) is 0 Å². The topological polar surface area (TPSA) is 37.3 Å². The summed E-state index contributed by atoms with van der Waals surface area (Å²) in [4.78, 5) is 11.2. The van der Waals surface area contributed by atoms with Crippen LogP contribution in [-0.2, 0) is 11.2 Å². The molecule has 0 spiro atoms. The number of carboxylic acid groups (broad SMARTS) is 1. The SMILES string of the molecule is CSCCCC(Cc1ccccc1Cl)C(=O)O. The average molecular weight is 273 g/mol. The molecule has 0 saturated carbocycles. The van der Waals surface area contributed by atoms with E-state index in [4.69, 9.17) is 11.6 Å². The molecule has 1 rings (SSSR count). The largest absolute Gasteiger partial charge is 0.481 e. The fourth-order valence-electron chi connectivity index (χ4n) is 1.72. The predicted octanol–water partition coefficient (Wildman–Crippen LogP) is 3.73. The molecule has 0 heterocycles. The van der Waals surface area contributed by atoms with Crippen molar-refractivity contribution < 1.29 is 9.90 Å². The van der Waals surface area contributed by atoms with Gasteiger partial charge in [-0.25, -0.2) is 0 Å². The summed E-state index contributed by atoms with van der Waals surface area (Å²) in [6.07, 6.45) is 4.19. The van der Waals surface area contributed by atoms with Crippen LogP contribution in [0.15, 0.2) is 24.3 Å². The first-order valence-electron chi connectivity index (χ1n) is 5.60. The molecule has 0 aromatic heterocycles. The molecule has 0 amide bonds. The molecule has 0 fully saturated rings. The van der Waals surface area contributed by atoms with Gasteiger partial charge in [0, 0.05) is 5.02 Å². The smallest absolute Gasteiger partial charge is 0.306 e. The Morgan fingerprint density at radius 2 is 2.18 bits per heavy atom. The molecular formula is C13H17ClO2S. The quantitative estimate of drug-likeness (QED) is 0.769. The monoisotopic (exact) mass is 272 g/mol. The first-order valence-corrected chi connectivity index (χ1v) is 7.37. The summed E-state index contributed by atoms with van der Waals surface area (Å²) in [6, 6.07) is 7.45. The van der Waals surface area contributed by atoms with E-state index in [9.17, 15) is 9.90 Å². The van der Waals surface area contributed by atoms with Gasteiger partial charge in [0.05, 0.1) is 5.92 Å². The molecule has 1 unspecified atom stereocenters. The van der Waals surface area contributed by atoms with Crippen molar-refractivity contribution >= 4 is 29.3 Å². The molecule has 0 aliphatic carbocycles. The number of rotatable bonds is 7. The fourth-order valence-corrected chi connectivity index (χ4v) is 2.38. The van der Waals surface area contributed by atoms with Crippen molar-refractivity contribution in [3.05, 3.63) is 34.9 Å². The van der Waals surface area contributed by atoms with E-state index in [0.717, 1.165) is 17.7 Å². The third-order valence-corrected chi connectivity index (χ3v) is 3.74. The van der Waals surface area contributed by atoms with E-state index in [-0.39, 0.29) is 5.92 Å². The highest BCUT2D eigenvalue weighted by Gasteiger charge is 2.18. The second-order valence-electron chi connectivity index (χ2n) is 3.97. The van der Waals surface area contributed by atoms with Gasteiger partial charge < -0.3 is 5.11 Å². The molecule has 0 radical (unpaired) electrons. The van der Waals surface area contributed by atoms with Crippen LogP contribution in [-0.4, -0.2) is 23.1 Å². The minimum atomic E-state index is -0.731. The molecule has 1 N–H and O–H groups in total. The van der Waals surface area contributed by atoms with Crippen molar-refractivity contribution in [2.24, 2.45) is 5.92 Å². The molecule has 2 nitrogen and oxygen atoms in total. The third-order valence-electron chi connectivity index (χ3n) is 2.67. The number of thioether (sulfide) groups is 1. The molecule has 1 aromatic carbocycles. The number of carbonyl (C=O) groups is 1. The number of hydrogen-bond acceptors (Lipinski definition) is 2. The summed E-state index contributed by atoms with van der Waals surface area (Å²) >= 11 is 7.78. The van der Waals surface area contributed by atoms with Gasteiger partial charge in [0.15, 0.2) is 0 Å². The Balaban J connectivity index is 2.61. The lowest BCUT2D eigenvalue weighted by atomic mass is 9.95. The number of hydrogen-bond donors (Lipinski definition) is 1. The van der Waals surface area contributed by atoms with Crippen molar-refractivity contribution in [1.29, 1.82) is 0 Å². The van der Waals surface area contributed by atoms with E-state index >= 15 is 0 Å². The highest BCUT2D eigenvalue weighted by atomic mass is 35.5. The molecule has 0 bridgehead atoms. The van der Waals surface area contributed by atoms with Crippen LogP contribution in [0.25, 0.3) is 0 Å². The van der Waals surface area contributed by atoms with Crippen LogP contribution >= 0.6 is 23.4 Å². The van der Waals surface area contributed by atoms with Gasteiger partial charge in [-0.15, -0.1) is 0 Å². The lowest BCUT2D eigenvalue weighted by Gasteiger charge is -2.12. The predicted molar refractivity (Wildman–Crippen MR) is 73.9 cm³/mol. The van der Waals surface area contributed by atoms with Crippen LogP contribution in [0.5, 0.6) is 0 Å². The molecule has 0 aliphatic rings. The Morgan fingerprint density at radius 1 is 1.47 bits per heavy atom. The van der Waals surface area contributed by atoms with Gasteiger partial charge in [-0.3, -0.25) is 4.79 Å². The van der Waals surface area contributed by atoms with Gasteiger partial charge in [0.1, 0.15) is 0 Å². The highest BCUT2D eigenvalue weighted by Crippen LogP contribution is 2.21. The van der Waals surface area contributed by atoms with Crippen molar-refractivity contribution in [3.63, 3.8) is 0 Å². The third kappa shape index (κ3) is 5.00. The van der Waals surface area contributed by atoms with E-state index in [1.165, 1.54) is 0 Å².